The van der Waals surface area contributed by atoms with Gasteiger partial charge in [-0.05, 0) is 26.2 Å². The topological polar surface area (TPSA) is 89.2 Å². The normalized spacial score (nSPS) is 14.6. The zero-order valence-corrected chi connectivity index (χ0v) is 14.0. The molecule has 6 nitrogen and oxygen atoms in total. The molecular weight excluding hydrogens is 256 g/mol. The molecule has 0 rings (SSSR count). The Morgan fingerprint density at radius 3 is 2.10 bits per heavy atom. The number of hydrogen-bond donors (Lipinski definition) is 4. The van der Waals surface area contributed by atoms with Crippen molar-refractivity contribution in [2.75, 3.05) is 19.6 Å². The van der Waals surface area contributed by atoms with E-state index < -0.39 is 0 Å². The van der Waals surface area contributed by atoms with Crippen molar-refractivity contribution in [1.82, 2.24) is 10.6 Å². The van der Waals surface area contributed by atoms with E-state index in [0.29, 0.717) is 18.0 Å². The lowest BCUT2D eigenvalue weighted by molar-refractivity contribution is 0.305. The van der Waals surface area contributed by atoms with E-state index in [9.17, 15) is 0 Å². The Hall–Kier alpha value is -1.14. The van der Waals surface area contributed by atoms with Crippen LogP contribution in [0.25, 0.3) is 0 Å². The standard InChI is InChI=1S/C12H26N4O2.C2H6/c1-9(15-17)6-13-7-12(4,5)8-14-10(2)11(3)16-18;1-2/h10,13-14,17-18H,6-8H2,1-5H3;1-2H3/b15-9+,16-11+;/t10-;/m1./s1. The minimum atomic E-state index is 0.0509. The fourth-order valence-electron chi connectivity index (χ4n) is 1.34. The molecule has 0 unspecified atom stereocenters. The molecule has 0 saturated heterocycles. The molecule has 0 aliphatic rings. The molecule has 0 heterocycles. The predicted octanol–water partition coefficient (Wildman–Crippen LogP) is 2.31. The van der Waals surface area contributed by atoms with Crippen LogP contribution in [0.4, 0.5) is 0 Å². The lowest BCUT2D eigenvalue weighted by Crippen LogP contribution is -2.43. The van der Waals surface area contributed by atoms with Crippen LogP contribution in [0.1, 0.15) is 48.5 Å². The van der Waals surface area contributed by atoms with Crippen molar-refractivity contribution in [2.45, 2.75) is 54.5 Å². The van der Waals surface area contributed by atoms with Crippen LogP contribution < -0.4 is 10.6 Å². The Labute approximate surface area is 123 Å². The second-order valence-corrected chi connectivity index (χ2v) is 5.45. The molecule has 0 aromatic carbocycles. The summed E-state index contributed by atoms with van der Waals surface area (Å²) < 4.78 is 0. The van der Waals surface area contributed by atoms with Crippen molar-refractivity contribution in [3.8, 4) is 0 Å². The minimum absolute atomic E-state index is 0.0509. The average Bonchev–Trinajstić information content (AvgIpc) is 2.45. The molecule has 0 aromatic rings. The molecule has 4 N–H and O–H groups in total. The first kappa shape index (κ1) is 21.2. The van der Waals surface area contributed by atoms with E-state index in [1.165, 1.54) is 0 Å². The summed E-state index contributed by atoms with van der Waals surface area (Å²) >= 11 is 0. The van der Waals surface area contributed by atoms with Crippen molar-refractivity contribution >= 4 is 11.4 Å². The number of nitrogens with zero attached hydrogens (tertiary/aromatic N) is 2. The average molecular weight is 288 g/mol. The predicted molar refractivity (Wildman–Crippen MR) is 85.3 cm³/mol. The summed E-state index contributed by atoms with van der Waals surface area (Å²) in [6.07, 6.45) is 0. The van der Waals surface area contributed by atoms with Crippen molar-refractivity contribution in [3.63, 3.8) is 0 Å². The number of oxime groups is 2. The first-order chi connectivity index (χ1) is 9.32. The molecule has 20 heavy (non-hydrogen) atoms. The van der Waals surface area contributed by atoms with Gasteiger partial charge in [-0.3, -0.25) is 0 Å². The third-order valence-electron chi connectivity index (χ3n) is 2.83. The molecule has 0 aromatic heterocycles. The monoisotopic (exact) mass is 288 g/mol. The van der Waals surface area contributed by atoms with Gasteiger partial charge in [0.25, 0.3) is 0 Å². The first-order valence-corrected chi connectivity index (χ1v) is 7.12. The fraction of sp³-hybridized carbons (Fsp3) is 0.857. The maximum Gasteiger partial charge on any atom is 0.0706 e. The Kier molecular flexibility index (Phi) is 12.3. The second-order valence-electron chi connectivity index (χ2n) is 5.45. The van der Waals surface area contributed by atoms with Crippen molar-refractivity contribution in [3.05, 3.63) is 0 Å². The third kappa shape index (κ3) is 10.8. The zero-order chi connectivity index (χ0) is 16.2. The largest absolute Gasteiger partial charge is 0.411 e. The highest BCUT2D eigenvalue weighted by atomic mass is 16.4. The highest BCUT2D eigenvalue weighted by molar-refractivity contribution is 5.86. The van der Waals surface area contributed by atoms with Gasteiger partial charge in [-0.1, -0.05) is 38.0 Å². The third-order valence-corrected chi connectivity index (χ3v) is 2.83. The van der Waals surface area contributed by atoms with E-state index in [1.807, 2.05) is 20.8 Å². The van der Waals surface area contributed by atoms with Crippen LogP contribution >= 0.6 is 0 Å². The van der Waals surface area contributed by atoms with Gasteiger partial charge in [0, 0.05) is 25.7 Å². The quantitative estimate of drug-likeness (QED) is 0.313. The molecule has 0 fully saturated rings. The highest BCUT2D eigenvalue weighted by Gasteiger charge is 2.19. The summed E-state index contributed by atoms with van der Waals surface area (Å²) in [6, 6.07) is 0.0509. The van der Waals surface area contributed by atoms with Crippen molar-refractivity contribution in [1.29, 1.82) is 0 Å². The molecule has 0 spiro atoms. The van der Waals surface area contributed by atoms with E-state index in [0.717, 1.165) is 13.1 Å². The van der Waals surface area contributed by atoms with Gasteiger partial charge in [-0.2, -0.15) is 0 Å². The molecule has 0 radical (unpaired) electrons. The Bertz CT molecular complexity index is 302. The van der Waals surface area contributed by atoms with Crippen LogP contribution in [0.5, 0.6) is 0 Å². The smallest absolute Gasteiger partial charge is 0.0706 e. The molecule has 1 atom stereocenters. The minimum Gasteiger partial charge on any atom is -0.411 e. The molecule has 0 aliphatic heterocycles. The number of hydrogen-bond acceptors (Lipinski definition) is 6. The molecule has 6 heteroatoms. The summed E-state index contributed by atoms with van der Waals surface area (Å²) in [6.45, 7) is 15.9. The summed E-state index contributed by atoms with van der Waals surface area (Å²) in [4.78, 5) is 0. The van der Waals surface area contributed by atoms with Crippen LogP contribution in [0.2, 0.25) is 0 Å². The van der Waals surface area contributed by atoms with Gasteiger partial charge in [0.05, 0.1) is 11.4 Å². The SMILES string of the molecule is C/C(CNCC(C)(C)CN[C@H](C)/C(C)=N/O)=N\O.CC. The maximum atomic E-state index is 8.66. The Morgan fingerprint density at radius 2 is 1.65 bits per heavy atom. The molecular formula is C14H32N4O2. The fourth-order valence-corrected chi connectivity index (χ4v) is 1.34. The van der Waals surface area contributed by atoms with Crippen molar-refractivity contribution in [2.24, 2.45) is 15.7 Å². The molecule has 120 valence electrons. The molecule has 0 aliphatic carbocycles. The van der Waals surface area contributed by atoms with Crippen LogP contribution in [0, 0.1) is 5.41 Å². The lowest BCUT2D eigenvalue weighted by atomic mass is 9.93. The molecule has 0 amide bonds. The van der Waals surface area contributed by atoms with Gasteiger partial charge in [0.1, 0.15) is 0 Å². The van der Waals surface area contributed by atoms with E-state index in [1.54, 1.807) is 13.8 Å². The van der Waals surface area contributed by atoms with Crippen LogP contribution in [0.3, 0.4) is 0 Å². The van der Waals surface area contributed by atoms with Crippen LogP contribution in [-0.4, -0.2) is 47.5 Å². The van der Waals surface area contributed by atoms with Crippen molar-refractivity contribution < 1.29 is 10.4 Å². The summed E-state index contributed by atoms with van der Waals surface area (Å²) in [5.41, 5.74) is 1.39. The van der Waals surface area contributed by atoms with E-state index in [2.05, 4.69) is 34.8 Å². The second kappa shape index (κ2) is 11.7. The number of nitrogens with one attached hydrogen (secondary N) is 2. The zero-order valence-electron chi connectivity index (χ0n) is 14.0. The Morgan fingerprint density at radius 1 is 1.10 bits per heavy atom. The van der Waals surface area contributed by atoms with E-state index in [4.69, 9.17) is 10.4 Å². The first-order valence-electron chi connectivity index (χ1n) is 7.12. The maximum absolute atomic E-state index is 8.66. The van der Waals surface area contributed by atoms with Gasteiger partial charge in [0.15, 0.2) is 0 Å². The summed E-state index contributed by atoms with van der Waals surface area (Å²) in [7, 11) is 0. The highest BCUT2D eigenvalue weighted by Crippen LogP contribution is 2.12. The van der Waals surface area contributed by atoms with Crippen LogP contribution in [0.15, 0.2) is 10.3 Å². The molecule has 0 saturated carbocycles. The molecule has 0 bridgehead atoms. The summed E-state index contributed by atoms with van der Waals surface area (Å²) in [5, 5.41) is 30.0. The van der Waals surface area contributed by atoms with Gasteiger partial charge in [-0.25, -0.2) is 0 Å². The Balaban J connectivity index is 0. The number of rotatable bonds is 8. The van der Waals surface area contributed by atoms with Gasteiger partial charge >= 0.3 is 0 Å². The van der Waals surface area contributed by atoms with Crippen LogP contribution in [-0.2, 0) is 0 Å². The van der Waals surface area contributed by atoms with Gasteiger partial charge in [-0.15, -0.1) is 0 Å². The van der Waals surface area contributed by atoms with E-state index >= 15 is 0 Å². The summed E-state index contributed by atoms with van der Waals surface area (Å²) in [5.74, 6) is 0. The van der Waals surface area contributed by atoms with Gasteiger partial charge < -0.3 is 21.0 Å². The van der Waals surface area contributed by atoms with E-state index in [-0.39, 0.29) is 11.5 Å². The lowest BCUT2D eigenvalue weighted by Gasteiger charge is -2.27. The van der Waals surface area contributed by atoms with Gasteiger partial charge in [0.2, 0.25) is 0 Å².